The molecule has 0 aromatic carbocycles. The summed E-state index contributed by atoms with van der Waals surface area (Å²) in [6.45, 7) is 2.60. The van der Waals surface area contributed by atoms with Crippen molar-refractivity contribution in [1.29, 1.82) is 0 Å². The molecule has 0 radical (unpaired) electrons. The molecule has 1 saturated heterocycles. The summed E-state index contributed by atoms with van der Waals surface area (Å²) >= 11 is 0. The zero-order chi connectivity index (χ0) is 20.4. The summed E-state index contributed by atoms with van der Waals surface area (Å²) in [5, 5.41) is 35.2. The standard InChI is InChI=1S/C14H21N7O6/c1-6(2)8(15)11(25)17-7-3-4-21(13(26)18-7)12-9(23)10(24)14(5-22,27-12)19-20-16/h3-4,6,8-10,12,22-24H,5,15H2,1-2H3,(H,17,18,25,26)/t8?,9-,10+,12-,14-/m1/s1. The van der Waals surface area contributed by atoms with Crippen molar-refractivity contribution in [2.45, 2.75) is 44.1 Å². The van der Waals surface area contributed by atoms with Gasteiger partial charge in [-0.25, -0.2) is 4.79 Å². The number of amides is 1. The van der Waals surface area contributed by atoms with E-state index in [2.05, 4.69) is 20.3 Å². The minimum atomic E-state index is -2.14. The number of nitrogens with one attached hydrogen (secondary N) is 1. The van der Waals surface area contributed by atoms with E-state index in [9.17, 15) is 24.9 Å². The van der Waals surface area contributed by atoms with Crippen LogP contribution in [-0.4, -0.2) is 61.4 Å². The Bertz CT molecular complexity index is 807. The molecule has 27 heavy (non-hydrogen) atoms. The topological polar surface area (TPSA) is 209 Å². The first kappa shape index (κ1) is 20.8. The summed E-state index contributed by atoms with van der Waals surface area (Å²) in [4.78, 5) is 30.3. The van der Waals surface area contributed by atoms with E-state index in [1.54, 1.807) is 13.8 Å². The summed E-state index contributed by atoms with van der Waals surface area (Å²) in [6.07, 6.45) is -3.77. The Morgan fingerprint density at radius 3 is 2.78 bits per heavy atom. The van der Waals surface area contributed by atoms with Crippen LogP contribution in [0.3, 0.4) is 0 Å². The first-order valence-electron chi connectivity index (χ1n) is 8.03. The smallest absolute Gasteiger partial charge is 0.351 e. The molecule has 1 amide bonds. The predicted molar refractivity (Wildman–Crippen MR) is 91.0 cm³/mol. The van der Waals surface area contributed by atoms with Crippen molar-refractivity contribution in [3.8, 4) is 0 Å². The van der Waals surface area contributed by atoms with Crippen LogP contribution in [-0.2, 0) is 9.53 Å². The second-order valence-corrected chi connectivity index (χ2v) is 6.40. The van der Waals surface area contributed by atoms with Gasteiger partial charge in [0, 0.05) is 11.1 Å². The van der Waals surface area contributed by atoms with Crippen molar-refractivity contribution in [1.82, 2.24) is 9.55 Å². The number of aliphatic hydroxyl groups excluding tert-OH is 3. The largest absolute Gasteiger partial charge is 0.393 e. The van der Waals surface area contributed by atoms with E-state index in [0.29, 0.717) is 0 Å². The van der Waals surface area contributed by atoms with Crippen LogP contribution in [0.25, 0.3) is 10.4 Å². The fourth-order valence-electron chi connectivity index (χ4n) is 2.50. The van der Waals surface area contributed by atoms with Crippen LogP contribution >= 0.6 is 0 Å². The molecule has 1 aliphatic heterocycles. The quantitative estimate of drug-likeness (QED) is 0.219. The second-order valence-electron chi connectivity index (χ2n) is 6.40. The zero-order valence-electron chi connectivity index (χ0n) is 14.6. The minimum Gasteiger partial charge on any atom is -0.393 e. The number of hydrogen-bond acceptors (Lipinski definition) is 9. The fraction of sp³-hybridized carbons (Fsp3) is 0.643. The van der Waals surface area contributed by atoms with Crippen molar-refractivity contribution in [2.75, 3.05) is 11.9 Å². The van der Waals surface area contributed by atoms with E-state index in [1.165, 1.54) is 6.07 Å². The SMILES string of the molecule is CC(C)C(N)C(=O)Nc1ccn([C@@H]2O[C@@](CO)(N=[N+]=[N-])[C@@H](O)[C@H]2O)c(=O)n1. The van der Waals surface area contributed by atoms with Gasteiger partial charge in [0.25, 0.3) is 0 Å². The maximum absolute atomic E-state index is 12.3. The van der Waals surface area contributed by atoms with Gasteiger partial charge >= 0.3 is 5.69 Å². The number of azide groups is 1. The molecule has 5 atom stereocenters. The van der Waals surface area contributed by atoms with Gasteiger partial charge in [-0.2, -0.15) is 4.98 Å². The number of nitrogens with zero attached hydrogens (tertiary/aromatic N) is 5. The highest BCUT2D eigenvalue weighted by atomic mass is 16.6. The van der Waals surface area contributed by atoms with Gasteiger partial charge in [-0.1, -0.05) is 19.0 Å². The fourth-order valence-corrected chi connectivity index (χ4v) is 2.50. The molecule has 1 unspecified atom stereocenters. The number of rotatable bonds is 6. The second kappa shape index (κ2) is 8.00. The Balaban J connectivity index is 2.27. The molecule has 2 heterocycles. The zero-order valence-corrected chi connectivity index (χ0v) is 14.6. The average Bonchev–Trinajstić information content (AvgIpc) is 2.87. The third-order valence-corrected chi connectivity index (χ3v) is 4.22. The number of carbonyl (C=O) groups is 1. The van der Waals surface area contributed by atoms with Gasteiger partial charge in [0.2, 0.25) is 11.6 Å². The van der Waals surface area contributed by atoms with Gasteiger partial charge in [-0.3, -0.25) is 9.36 Å². The van der Waals surface area contributed by atoms with E-state index in [-0.39, 0.29) is 11.7 Å². The predicted octanol–water partition coefficient (Wildman–Crippen LogP) is -1.59. The van der Waals surface area contributed by atoms with Crippen molar-refractivity contribution >= 4 is 11.7 Å². The number of nitrogens with two attached hydrogens (primary N) is 1. The molecule has 1 aromatic heterocycles. The molecule has 6 N–H and O–H groups in total. The Morgan fingerprint density at radius 1 is 1.59 bits per heavy atom. The molecule has 0 saturated carbocycles. The van der Waals surface area contributed by atoms with E-state index in [0.717, 1.165) is 10.8 Å². The van der Waals surface area contributed by atoms with Gasteiger partial charge < -0.3 is 31.1 Å². The number of anilines is 1. The number of hydrogen-bond donors (Lipinski definition) is 5. The molecule has 13 heteroatoms. The van der Waals surface area contributed by atoms with Gasteiger partial charge in [-0.15, -0.1) is 0 Å². The van der Waals surface area contributed by atoms with Gasteiger partial charge in [-0.05, 0) is 17.5 Å². The molecule has 1 fully saturated rings. The van der Waals surface area contributed by atoms with E-state index in [4.69, 9.17) is 16.0 Å². The molecule has 148 valence electrons. The third-order valence-electron chi connectivity index (χ3n) is 4.22. The molecule has 0 aliphatic carbocycles. The summed E-state index contributed by atoms with van der Waals surface area (Å²) < 4.78 is 6.10. The lowest BCUT2D eigenvalue weighted by molar-refractivity contribution is -0.125. The lowest BCUT2D eigenvalue weighted by Crippen LogP contribution is -2.44. The highest BCUT2D eigenvalue weighted by Crippen LogP contribution is 2.37. The van der Waals surface area contributed by atoms with Crippen molar-refractivity contribution in [2.24, 2.45) is 16.8 Å². The molecule has 13 nitrogen and oxygen atoms in total. The van der Waals surface area contributed by atoms with E-state index < -0.39 is 48.4 Å². The van der Waals surface area contributed by atoms with E-state index >= 15 is 0 Å². The third kappa shape index (κ3) is 3.93. The summed E-state index contributed by atoms with van der Waals surface area (Å²) in [5.74, 6) is -0.708. The van der Waals surface area contributed by atoms with Crippen molar-refractivity contribution in [3.05, 3.63) is 33.2 Å². The molecular weight excluding hydrogens is 362 g/mol. The number of aliphatic hydroxyl groups is 3. The number of ether oxygens (including phenoxy) is 1. The molecule has 1 aromatic rings. The summed E-state index contributed by atoms with van der Waals surface area (Å²) in [5.41, 5.74) is 11.2. The molecular formula is C14H21N7O6. The van der Waals surface area contributed by atoms with Gasteiger partial charge in [0.05, 0.1) is 12.6 Å². The Hall–Kier alpha value is -2.54. The minimum absolute atomic E-state index is 0.0612. The van der Waals surface area contributed by atoms with E-state index in [1.807, 2.05) is 0 Å². The Labute approximate surface area is 153 Å². The van der Waals surface area contributed by atoms with Gasteiger partial charge in [0.1, 0.15) is 18.0 Å². The van der Waals surface area contributed by atoms with Crippen LogP contribution in [0.4, 0.5) is 5.82 Å². The van der Waals surface area contributed by atoms with Crippen LogP contribution in [0.15, 0.2) is 22.2 Å². The van der Waals surface area contributed by atoms with Crippen LogP contribution in [0, 0.1) is 5.92 Å². The van der Waals surface area contributed by atoms with Gasteiger partial charge in [0.15, 0.2) is 6.23 Å². The van der Waals surface area contributed by atoms with Crippen molar-refractivity contribution in [3.63, 3.8) is 0 Å². The maximum atomic E-state index is 12.3. The normalized spacial score (nSPS) is 28.6. The Morgan fingerprint density at radius 2 is 2.26 bits per heavy atom. The molecule has 2 rings (SSSR count). The maximum Gasteiger partial charge on any atom is 0.351 e. The number of carbonyl (C=O) groups excluding carboxylic acids is 1. The first-order valence-corrected chi connectivity index (χ1v) is 8.03. The summed E-state index contributed by atoms with van der Waals surface area (Å²) in [6, 6.07) is 0.472. The number of aromatic nitrogens is 2. The monoisotopic (exact) mass is 383 g/mol. The van der Waals surface area contributed by atoms with Crippen molar-refractivity contribution < 1.29 is 24.9 Å². The molecule has 0 spiro atoms. The summed E-state index contributed by atoms with van der Waals surface area (Å²) in [7, 11) is 0. The highest BCUT2D eigenvalue weighted by molar-refractivity contribution is 5.93. The van der Waals surface area contributed by atoms with Crippen LogP contribution in [0.5, 0.6) is 0 Å². The lowest BCUT2D eigenvalue weighted by Gasteiger charge is -2.23. The molecule has 0 bridgehead atoms. The van der Waals surface area contributed by atoms with Crippen LogP contribution in [0.2, 0.25) is 0 Å². The van der Waals surface area contributed by atoms with Crippen LogP contribution < -0.4 is 16.7 Å². The first-order chi connectivity index (χ1) is 12.7. The molecule has 1 aliphatic rings. The highest BCUT2D eigenvalue weighted by Gasteiger charge is 2.54. The average molecular weight is 383 g/mol. The lowest BCUT2D eigenvalue weighted by atomic mass is 10.1. The Kier molecular flexibility index (Phi) is 6.15. The van der Waals surface area contributed by atoms with Crippen LogP contribution in [0.1, 0.15) is 20.1 Å².